The van der Waals surface area contributed by atoms with E-state index in [9.17, 15) is 10.1 Å². The summed E-state index contributed by atoms with van der Waals surface area (Å²) < 4.78 is 4.98. The summed E-state index contributed by atoms with van der Waals surface area (Å²) in [4.78, 5) is 13.3. The van der Waals surface area contributed by atoms with Crippen LogP contribution in [0.25, 0.3) is 0 Å². The standard InChI is InChI=1S/C22H25N3O2/c1-17(16-25-12-13-27-22(25)26)14-20(15-23)24-21(18-8-4-2-5-9-18)19-10-6-3-7-11-19/h2-11,17,20-21,24H,12-14,16H2,1H3. The molecule has 5 heteroatoms. The van der Waals surface area contributed by atoms with E-state index in [-0.39, 0.29) is 24.1 Å². The maximum absolute atomic E-state index is 11.6. The number of hydrogen-bond donors (Lipinski definition) is 1. The van der Waals surface area contributed by atoms with E-state index in [0.717, 1.165) is 11.1 Å². The van der Waals surface area contributed by atoms with Crippen molar-refractivity contribution in [3.63, 3.8) is 0 Å². The molecule has 2 atom stereocenters. The van der Waals surface area contributed by atoms with Crippen molar-refractivity contribution >= 4 is 6.09 Å². The molecule has 3 rings (SSSR count). The molecular formula is C22H25N3O2. The number of rotatable bonds is 8. The average Bonchev–Trinajstić information content (AvgIpc) is 3.10. The second kappa shape index (κ2) is 9.20. The van der Waals surface area contributed by atoms with E-state index in [0.29, 0.717) is 26.1 Å². The van der Waals surface area contributed by atoms with Crippen LogP contribution in [-0.4, -0.2) is 36.7 Å². The Morgan fingerprint density at radius 2 is 1.70 bits per heavy atom. The Balaban J connectivity index is 1.69. The third-order valence-corrected chi connectivity index (χ3v) is 4.80. The largest absolute Gasteiger partial charge is 0.448 e. The molecule has 2 aromatic rings. The maximum Gasteiger partial charge on any atom is 0.409 e. The zero-order chi connectivity index (χ0) is 19.1. The van der Waals surface area contributed by atoms with Crippen molar-refractivity contribution in [1.82, 2.24) is 10.2 Å². The van der Waals surface area contributed by atoms with Gasteiger partial charge in [-0.05, 0) is 23.5 Å². The molecule has 0 saturated carbocycles. The number of nitriles is 1. The van der Waals surface area contributed by atoms with Crippen molar-refractivity contribution in [3.8, 4) is 6.07 Å². The molecule has 0 radical (unpaired) electrons. The molecule has 140 valence electrons. The van der Waals surface area contributed by atoms with Gasteiger partial charge in [-0.1, -0.05) is 67.6 Å². The highest BCUT2D eigenvalue weighted by atomic mass is 16.6. The summed E-state index contributed by atoms with van der Waals surface area (Å²) in [5.74, 6) is 0.194. The van der Waals surface area contributed by atoms with Gasteiger partial charge in [-0.3, -0.25) is 5.32 Å². The third-order valence-electron chi connectivity index (χ3n) is 4.80. The molecular weight excluding hydrogens is 338 g/mol. The Hall–Kier alpha value is -2.84. The molecule has 1 aliphatic rings. The second-order valence-electron chi connectivity index (χ2n) is 7.00. The van der Waals surface area contributed by atoms with Crippen molar-refractivity contribution in [2.75, 3.05) is 19.7 Å². The molecule has 27 heavy (non-hydrogen) atoms. The number of carbonyl (C=O) groups excluding carboxylic acids is 1. The molecule has 0 aromatic heterocycles. The molecule has 1 heterocycles. The molecule has 2 aromatic carbocycles. The van der Waals surface area contributed by atoms with E-state index in [1.54, 1.807) is 4.90 Å². The number of cyclic esters (lactones) is 1. The molecule has 0 bridgehead atoms. The van der Waals surface area contributed by atoms with Gasteiger partial charge in [-0.2, -0.15) is 5.26 Å². The summed E-state index contributed by atoms with van der Waals surface area (Å²) >= 11 is 0. The van der Waals surface area contributed by atoms with E-state index in [1.807, 2.05) is 36.4 Å². The number of benzene rings is 2. The number of amides is 1. The summed E-state index contributed by atoms with van der Waals surface area (Å²) in [6.45, 7) is 3.76. The Morgan fingerprint density at radius 3 is 2.19 bits per heavy atom. The minimum Gasteiger partial charge on any atom is -0.448 e. The van der Waals surface area contributed by atoms with E-state index in [4.69, 9.17) is 4.74 Å². The number of nitrogens with one attached hydrogen (secondary N) is 1. The molecule has 2 unspecified atom stereocenters. The van der Waals surface area contributed by atoms with Gasteiger partial charge in [-0.25, -0.2) is 4.79 Å². The van der Waals surface area contributed by atoms with Crippen LogP contribution in [0.5, 0.6) is 0 Å². The SMILES string of the molecule is CC(CC(C#N)NC(c1ccccc1)c1ccccc1)CN1CCOC1=O. The van der Waals surface area contributed by atoms with Gasteiger partial charge in [-0.15, -0.1) is 0 Å². The molecule has 1 aliphatic heterocycles. The van der Waals surface area contributed by atoms with E-state index >= 15 is 0 Å². The Kier molecular flexibility index (Phi) is 6.45. The fourth-order valence-corrected chi connectivity index (χ4v) is 3.48. The van der Waals surface area contributed by atoms with Crippen LogP contribution in [-0.2, 0) is 4.74 Å². The minimum absolute atomic E-state index is 0.0546. The summed E-state index contributed by atoms with van der Waals surface area (Å²) in [5, 5.41) is 13.2. The first-order valence-corrected chi connectivity index (χ1v) is 9.34. The van der Waals surface area contributed by atoms with Crippen molar-refractivity contribution in [3.05, 3.63) is 71.8 Å². The van der Waals surface area contributed by atoms with E-state index < -0.39 is 0 Å². The summed E-state index contributed by atoms with van der Waals surface area (Å²) in [7, 11) is 0. The van der Waals surface area contributed by atoms with Gasteiger partial charge in [0, 0.05) is 6.54 Å². The first kappa shape index (κ1) is 18.9. The predicted octanol–water partition coefficient (Wildman–Crippen LogP) is 3.74. The van der Waals surface area contributed by atoms with Crippen LogP contribution >= 0.6 is 0 Å². The van der Waals surface area contributed by atoms with Crippen LogP contribution in [0.2, 0.25) is 0 Å². The van der Waals surface area contributed by atoms with Crippen molar-refractivity contribution in [2.24, 2.45) is 5.92 Å². The van der Waals surface area contributed by atoms with Crippen LogP contribution < -0.4 is 5.32 Å². The van der Waals surface area contributed by atoms with E-state index in [1.165, 1.54) is 0 Å². The first-order chi connectivity index (χ1) is 13.2. The Morgan fingerprint density at radius 1 is 1.11 bits per heavy atom. The minimum atomic E-state index is -0.316. The average molecular weight is 363 g/mol. The van der Waals surface area contributed by atoms with Gasteiger partial charge in [0.15, 0.2) is 0 Å². The summed E-state index contributed by atoms with van der Waals surface area (Å²) in [6, 6.07) is 22.3. The molecule has 5 nitrogen and oxygen atoms in total. The van der Waals surface area contributed by atoms with Crippen LogP contribution in [0, 0.1) is 17.2 Å². The number of carbonyl (C=O) groups is 1. The lowest BCUT2D eigenvalue weighted by atomic mass is 9.95. The van der Waals surface area contributed by atoms with Gasteiger partial charge < -0.3 is 9.64 Å². The fourth-order valence-electron chi connectivity index (χ4n) is 3.48. The van der Waals surface area contributed by atoms with Crippen molar-refractivity contribution in [2.45, 2.75) is 25.4 Å². The van der Waals surface area contributed by atoms with Crippen molar-refractivity contribution < 1.29 is 9.53 Å². The molecule has 1 fully saturated rings. The van der Waals surface area contributed by atoms with Gasteiger partial charge in [0.25, 0.3) is 0 Å². The van der Waals surface area contributed by atoms with Gasteiger partial charge in [0.2, 0.25) is 0 Å². The highest BCUT2D eigenvalue weighted by molar-refractivity contribution is 5.69. The lowest BCUT2D eigenvalue weighted by Gasteiger charge is -2.26. The third kappa shape index (κ3) is 5.08. The Labute approximate surface area is 160 Å². The van der Waals surface area contributed by atoms with Crippen molar-refractivity contribution in [1.29, 1.82) is 5.26 Å². The second-order valence-corrected chi connectivity index (χ2v) is 7.00. The topological polar surface area (TPSA) is 65.4 Å². The lowest BCUT2D eigenvalue weighted by molar-refractivity contribution is 0.154. The van der Waals surface area contributed by atoms with Crippen LogP contribution in [0.3, 0.4) is 0 Å². The normalized spacial score (nSPS) is 16.0. The van der Waals surface area contributed by atoms with Gasteiger partial charge in [0.1, 0.15) is 6.61 Å². The summed E-state index contributed by atoms with van der Waals surface area (Å²) in [6.07, 6.45) is 0.408. The molecule has 1 saturated heterocycles. The quantitative estimate of drug-likeness (QED) is 0.776. The molecule has 1 amide bonds. The summed E-state index contributed by atoms with van der Waals surface area (Å²) in [5.41, 5.74) is 2.25. The fraction of sp³-hybridized carbons (Fsp3) is 0.364. The van der Waals surface area contributed by atoms with Gasteiger partial charge >= 0.3 is 6.09 Å². The Bertz CT molecular complexity index is 734. The van der Waals surface area contributed by atoms with Crippen LogP contribution in [0.1, 0.15) is 30.5 Å². The zero-order valence-corrected chi connectivity index (χ0v) is 15.5. The van der Waals surface area contributed by atoms with E-state index in [2.05, 4.69) is 42.6 Å². The zero-order valence-electron chi connectivity index (χ0n) is 15.5. The predicted molar refractivity (Wildman–Crippen MR) is 104 cm³/mol. The monoisotopic (exact) mass is 363 g/mol. The molecule has 1 N–H and O–H groups in total. The number of hydrogen-bond acceptors (Lipinski definition) is 4. The van der Waals surface area contributed by atoms with Crippen LogP contribution in [0.4, 0.5) is 4.79 Å². The maximum atomic E-state index is 11.6. The van der Waals surface area contributed by atoms with Crippen LogP contribution in [0.15, 0.2) is 60.7 Å². The molecule has 0 spiro atoms. The smallest absolute Gasteiger partial charge is 0.409 e. The highest BCUT2D eigenvalue weighted by Crippen LogP contribution is 2.23. The van der Waals surface area contributed by atoms with Gasteiger partial charge in [0.05, 0.1) is 24.7 Å². The molecule has 0 aliphatic carbocycles. The highest BCUT2D eigenvalue weighted by Gasteiger charge is 2.26. The number of ether oxygens (including phenoxy) is 1. The first-order valence-electron chi connectivity index (χ1n) is 9.34. The lowest BCUT2D eigenvalue weighted by Crippen LogP contribution is -2.36. The number of nitrogens with zero attached hydrogens (tertiary/aromatic N) is 2.